The summed E-state index contributed by atoms with van der Waals surface area (Å²) in [5.41, 5.74) is 0. The fourth-order valence-electron chi connectivity index (χ4n) is 2.14. The zero-order valence-electron chi connectivity index (χ0n) is 14.0. The Balaban J connectivity index is 2.54. The van der Waals surface area contributed by atoms with E-state index in [0.29, 0.717) is 0 Å². The van der Waals surface area contributed by atoms with Crippen LogP contribution in [0.15, 0.2) is 0 Å². The number of Topliss-reactive ketones (excluding diaryl/α,β-unsaturated/α-hetero) is 1. The number of carbonyl (C=O) groups excluding carboxylic acids is 2. The topological polar surface area (TPSA) is 207 Å². The number of carbonyl (C=O) groups is 2. The van der Waals surface area contributed by atoms with Crippen LogP contribution < -0.4 is 0 Å². The first-order chi connectivity index (χ1) is 12.8. The molecule has 2 fully saturated rings. The molecule has 8 atom stereocenters. The molecular weight excluding hydrogens is 472 g/mol. The molecule has 0 spiro atoms. The Labute approximate surface area is 158 Å². The summed E-state index contributed by atoms with van der Waals surface area (Å²) in [5.74, 6) is -2.28. The quantitative estimate of drug-likeness (QED) is 0.423. The van der Waals surface area contributed by atoms with Crippen molar-refractivity contribution in [2.75, 3.05) is 6.61 Å². The summed E-state index contributed by atoms with van der Waals surface area (Å²) in [4.78, 5) is 43.2. The average Bonchev–Trinajstić information content (AvgIpc) is 2.72. The second-order valence-corrected chi connectivity index (χ2v) is 10.0. The van der Waals surface area contributed by atoms with Crippen molar-refractivity contribution in [3.8, 4) is 0 Å². The number of rotatable bonds is 4. The molecule has 2 aliphatic rings. The molecular formula is C9H14O15P4+2. The van der Waals surface area contributed by atoms with Crippen LogP contribution in [-0.2, 0) is 59.3 Å². The molecule has 0 aromatic carbocycles. The Kier molecular flexibility index (Phi) is 7.72. The van der Waals surface area contributed by atoms with Crippen molar-refractivity contribution in [1.82, 2.24) is 0 Å². The minimum atomic E-state index is -5.14. The molecule has 0 aromatic rings. The fraction of sp³-hybridized carbons (Fsp3) is 0.778. The van der Waals surface area contributed by atoms with Gasteiger partial charge < -0.3 is 4.74 Å². The van der Waals surface area contributed by atoms with Gasteiger partial charge in [-0.25, -0.2) is 13.9 Å². The van der Waals surface area contributed by atoms with Gasteiger partial charge in [0, 0.05) is 9.13 Å². The van der Waals surface area contributed by atoms with E-state index in [-0.39, 0.29) is 6.61 Å². The molecule has 0 aliphatic carbocycles. The Bertz CT molecular complexity index is 779. The molecule has 19 heteroatoms. The molecule has 0 amide bonds. The van der Waals surface area contributed by atoms with E-state index < -0.39 is 68.3 Å². The number of hydrogen-bond acceptors (Lipinski definition) is 13. The van der Waals surface area contributed by atoms with E-state index in [1.54, 1.807) is 0 Å². The Morgan fingerprint density at radius 3 is 2.04 bits per heavy atom. The van der Waals surface area contributed by atoms with E-state index in [9.17, 15) is 37.6 Å². The zero-order chi connectivity index (χ0) is 21.3. The third-order valence-electron chi connectivity index (χ3n) is 3.09. The second-order valence-electron chi connectivity index (χ2n) is 5.10. The van der Waals surface area contributed by atoms with Gasteiger partial charge in [0.2, 0.25) is 12.2 Å². The third kappa shape index (κ3) is 5.99. The predicted molar refractivity (Wildman–Crippen MR) is 83.8 cm³/mol. The van der Waals surface area contributed by atoms with Crippen molar-refractivity contribution in [3.63, 3.8) is 0 Å². The lowest BCUT2D eigenvalue weighted by Crippen LogP contribution is -2.51. The van der Waals surface area contributed by atoms with Crippen molar-refractivity contribution in [3.05, 3.63) is 0 Å². The van der Waals surface area contributed by atoms with Crippen molar-refractivity contribution >= 4 is 43.9 Å². The number of esters is 1. The van der Waals surface area contributed by atoms with Gasteiger partial charge in [0.1, 0.15) is 6.10 Å². The third-order valence-corrected chi connectivity index (χ3v) is 7.62. The molecule has 15 nitrogen and oxygen atoms in total. The summed E-state index contributed by atoms with van der Waals surface area (Å²) >= 11 is 0. The Hall–Kier alpha value is -0.520. The molecule has 2 rings (SSSR count). The van der Waals surface area contributed by atoms with Gasteiger partial charge in [-0.1, -0.05) is 0 Å². The van der Waals surface area contributed by atoms with Gasteiger partial charge in [0.25, 0.3) is 0 Å². The van der Waals surface area contributed by atoms with E-state index in [1.807, 2.05) is 0 Å². The lowest BCUT2D eigenvalue weighted by molar-refractivity contribution is -0.162. The van der Waals surface area contributed by atoms with Crippen LogP contribution in [0.1, 0.15) is 13.8 Å². The van der Waals surface area contributed by atoms with Crippen LogP contribution in [-0.4, -0.2) is 52.6 Å². The first kappa shape index (κ1) is 23.8. The summed E-state index contributed by atoms with van der Waals surface area (Å²) in [6, 6.07) is 0. The van der Waals surface area contributed by atoms with Gasteiger partial charge in [0.15, 0.2) is 11.9 Å². The SMILES string of the molecule is CCOC(=O)[C@H]1OP(=O)(O)O[P+](=O)O[C@@H]1[C@@H]1OP(=O)(O)O[P+](=O)O[C@H]1C(C)=O. The smallest absolute Gasteiger partial charge is 0.464 e. The standard InChI is InChI=1S/C9H12O15P4/c1-3-18-9(11)8-6(20-26(13)24-28(16,17)22-8)7-5(4(2)10)19-25(12)23-27(14,15)21-7/h5-8H,3H2,1-2H3/p+2/t5-,6+,7+,8-/m0/s1. The minimum absolute atomic E-state index is 0.236. The van der Waals surface area contributed by atoms with E-state index in [4.69, 9.17) is 13.6 Å². The molecule has 2 saturated heterocycles. The van der Waals surface area contributed by atoms with Crippen LogP contribution in [0.2, 0.25) is 0 Å². The van der Waals surface area contributed by atoms with Crippen LogP contribution in [0.3, 0.4) is 0 Å². The van der Waals surface area contributed by atoms with Gasteiger partial charge in [-0.05, 0) is 22.5 Å². The van der Waals surface area contributed by atoms with Gasteiger partial charge in [-0.3, -0.25) is 23.6 Å². The maximum absolute atomic E-state index is 12.2. The van der Waals surface area contributed by atoms with Crippen molar-refractivity contribution < 1.29 is 69.1 Å². The fourth-order valence-corrected chi connectivity index (χ4v) is 6.02. The highest BCUT2D eigenvalue weighted by atomic mass is 31.2. The van der Waals surface area contributed by atoms with Crippen LogP contribution in [0.4, 0.5) is 0 Å². The van der Waals surface area contributed by atoms with Crippen molar-refractivity contribution in [2.45, 2.75) is 38.3 Å². The van der Waals surface area contributed by atoms with E-state index in [2.05, 4.69) is 17.9 Å². The normalized spacial score (nSPS) is 42.3. The molecule has 2 heterocycles. The van der Waals surface area contributed by atoms with Gasteiger partial charge in [0.05, 0.1) is 6.61 Å². The highest BCUT2D eigenvalue weighted by Gasteiger charge is 2.62. The number of hydrogen-bond donors (Lipinski definition) is 2. The number of ether oxygens (including phenoxy) is 1. The molecule has 0 bridgehead atoms. The second kappa shape index (κ2) is 9.09. The highest BCUT2D eigenvalue weighted by Crippen LogP contribution is 2.61. The summed E-state index contributed by atoms with van der Waals surface area (Å²) in [6.45, 7) is 2.05. The number of phosphoric ester groups is 2. The van der Waals surface area contributed by atoms with Crippen LogP contribution in [0, 0.1) is 0 Å². The summed E-state index contributed by atoms with van der Waals surface area (Å²) < 4.78 is 78.9. The molecule has 2 N–H and O–H groups in total. The molecule has 0 saturated carbocycles. The van der Waals surface area contributed by atoms with Gasteiger partial charge in [-0.2, -0.15) is 0 Å². The number of phosphoric acid groups is 2. The monoisotopic (exact) mass is 486 g/mol. The minimum Gasteiger partial charge on any atom is -0.464 e. The number of ketones is 1. The van der Waals surface area contributed by atoms with Crippen molar-refractivity contribution in [1.29, 1.82) is 0 Å². The van der Waals surface area contributed by atoms with E-state index in [0.717, 1.165) is 6.92 Å². The molecule has 0 aromatic heterocycles. The maximum Gasteiger partial charge on any atom is 0.709 e. The Morgan fingerprint density at radius 1 is 0.964 bits per heavy atom. The van der Waals surface area contributed by atoms with Gasteiger partial charge in [-0.15, -0.1) is 9.05 Å². The summed E-state index contributed by atoms with van der Waals surface area (Å²) in [5, 5.41) is 0. The lowest BCUT2D eigenvalue weighted by Gasteiger charge is -2.27. The first-order valence-corrected chi connectivity index (χ1v) is 12.4. The van der Waals surface area contributed by atoms with Gasteiger partial charge >= 0.3 is 38.1 Å². The van der Waals surface area contributed by atoms with Crippen LogP contribution >= 0.6 is 32.2 Å². The average molecular weight is 486 g/mol. The van der Waals surface area contributed by atoms with E-state index in [1.165, 1.54) is 6.92 Å². The molecule has 158 valence electrons. The Morgan fingerprint density at radius 2 is 1.50 bits per heavy atom. The predicted octanol–water partition coefficient (Wildman–Crippen LogP) is 1.26. The summed E-state index contributed by atoms with van der Waals surface area (Å²) in [7, 11) is -17.0. The molecule has 0 radical (unpaired) electrons. The molecule has 2 aliphatic heterocycles. The van der Waals surface area contributed by atoms with Crippen molar-refractivity contribution in [2.24, 2.45) is 0 Å². The molecule has 4 unspecified atom stereocenters. The van der Waals surface area contributed by atoms with Crippen LogP contribution in [0.25, 0.3) is 0 Å². The maximum atomic E-state index is 12.2. The molecule has 28 heavy (non-hydrogen) atoms. The van der Waals surface area contributed by atoms with E-state index >= 15 is 0 Å². The lowest BCUT2D eigenvalue weighted by atomic mass is 10.0. The summed E-state index contributed by atoms with van der Waals surface area (Å²) in [6.07, 6.45) is -8.38. The first-order valence-electron chi connectivity index (χ1n) is 7.22. The zero-order valence-corrected chi connectivity index (χ0v) is 17.6. The largest absolute Gasteiger partial charge is 0.709 e. The van der Waals surface area contributed by atoms with Crippen LogP contribution in [0.5, 0.6) is 0 Å². The highest BCUT2D eigenvalue weighted by molar-refractivity contribution is 7.56.